The molecule has 0 spiro atoms. The average molecular weight is 428 g/mol. The second kappa shape index (κ2) is 8.59. The summed E-state index contributed by atoms with van der Waals surface area (Å²) in [5, 5.41) is 3.21. The summed E-state index contributed by atoms with van der Waals surface area (Å²) in [5.74, 6) is 0.0636. The quantitative estimate of drug-likeness (QED) is 0.576. The van der Waals surface area contributed by atoms with Crippen molar-refractivity contribution in [3.63, 3.8) is 0 Å². The SMILES string of the molecule is COc1ccc(N2C(=O)C(Nc3cc(C)cc(C)c3)=C(c3ccccc3)C2=O)c(OC)c1. The number of amides is 2. The number of hydrogen-bond acceptors (Lipinski definition) is 5. The van der Waals surface area contributed by atoms with Crippen LogP contribution in [0.5, 0.6) is 11.5 Å². The number of nitrogens with zero attached hydrogens (tertiary/aromatic N) is 1. The normalized spacial score (nSPS) is 13.6. The molecule has 6 heteroatoms. The molecule has 1 aliphatic heterocycles. The molecule has 3 aromatic rings. The average Bonchev–Trinajstić information content (AvgIpc) is 3.02. The van der Waals surface area contributed by atoms with Gasteiger partial charge in [0.25, 0.3) is 11.8 Å². The second-order valence-electron chi connectivity index (χ2n) is 7.60. The lowest BCUT2D eigenvalue weighted by Gasteiger charge is -2.19. The molecule has 1 heterocycles. The van der Waals surface area contributed by atoms with Crippen molar-refractivity contribution in [2.75, 3.05) is 24.4 Å². The lowest BCUT2D eigenvalue weighted by Crippen LogP contribution is -2.32. The molecule has 6 nitrogen and oxygen atoms in total. The van der Waals surface area contributed by atoms with Crippen LogP contribution in [0.2, 0.25) is 0 Å². The summed E-state index contributed by atoms with van der Waals surface area (Å²) in [4.78, 5) is 28.3. The van der Waals surface area contributed by atoms with E-state index in [-0.39, 0.29) is 5.70 Å². The molecule has 0 saturated heterocycles. The molecule has 0 aromatic heterocycles. The Labute approximate surface area is 187 Å². The Balaban J connectivity index is 1.84. The predicted octanol–water partition coefficient (Wildman–Crippen LogP) is 4.72. The Kier molecular flexibility index (Phi) is 5.69. The maximum absolute atomic E-state index is 13.6. The van der Waals surface area contributed by atoms with E-state index in [9.17, 15) is 9.59 Å². The minimum absolute atomic E-state index is 0.226. The highest BCUT2D eigenvalue weighted by molar-refractivity contribution is 6.46. The molecule has 0 aliphatic carbocycles. The minimum Gasteiger partial charge on any atom is -0.497 e. The number of rotatable bonds is 6. The van der Waals surface area contributed by atoms with Crippen molar-refractivity contribution in [1.29, 1.82) is 0 Å². The summed E-state index contributed by atoms with van der Waals surface area (Å²) in [7, 11) is 3.03. The summed E-state index contributed by atoms with van der Waals surface area (Å²) in [6.07, 6.45) is 0. The van der Waals surface area contributed by atoms with E-state index in [0.717, 1.165) is 21.7 Å². The molecule has 0 fully saturated rings. The highest BCUT2D eigenvalue weighted by Crippen LogP contribution is 2.39. The van der Waals surface area contributed by atoms with Gasteiger partial charge in [-0.3, -0.25) is 9.59 Å². The van der Waals surface area contributed by atoms with Crippen LogP contribution < -0.4 is 19.7 Å². The first kappa shape index (κ1) is 21.2. The molecule has 32 heavy (non-hydrogen) atoms. The van der Waals surface area contributed by atoms with Crippen LogP contribution in [0, 0.1) is 13.8 Å². The van der Waals surface area contributed by atoms with Crippen molar-refractivity contribution in [2.45, 2.75) is 13.8 Å². The maximum Gasteiger partial charge on any atom is 0.282 e. The summed E-state index contributed by atoms with van der Waals surface area (Å²) < 4.78 is 10.7. The van der Waals surface area contributed by atoms with Crippen LogP contribution >= 0.6 is 0 Å². The Bertz CT molecular complexity index is 1210. The van der Waals surface area contributed by atoms with Crippen molar-refractivity contribution in [3.05, 3.63) is 89.1 Å². The van der Waals surface area contributed by atoms with Gasteiger partial charge in [0.15, 0.2) is 0 Å². The van der Waals surface area contributed by atoms with Gasteiger partial charge in [-0.15, -0.1) is 0 Å². The number of carbonyl (C=O) groups excluding carboxylic acids is 2. The number of imide groups is 1. The molecule has 1 N–H and O–H groups in total. The highest BCUT2D eigenvalue weighted by Gasteiger charge is 2.41. The van der Waals surface area contributed by atoms with Crippen molar-refractivity contribution in [3.8, 4) is 11.5 Å². The van der Waals surface area contributed by atoms with Gasteiger partial charge in [0, 0.05) is 11.8 Å². The van der Waals surface area contributed by atoms with E-state index in [2.05, 4.69) is 5.32 Å². The van der Waals surface area contributed by atoms with Crippen LogP contribution in [-0.2, 0) is 9.59 Å². The fraction of sp³-hybridized carbons (Fsp3) is 0.154. The third-order valence-corrected chi connectivity index (χ3v) is 5.27. The number of nitrogens with one attached hydrogen (secondary N) is 1. The molecule has 0 atom stereocenters. The fourth-order valence-corrected chi connectivity index (χ4v) is 3.90. The molecule has 0 radical (unpaired) electrons. The van der Waals surface area contributed by atoms with Gasteiger partial charge in [-0.2, -0.15) is 0 Å². The first-order chi connectivity index (χ1) is 15.4. The number of methoxy groups -OCH3 is 2. The zero-order chi connectivity index (χ0) is 22.8. The van der Waals surface area contributed by atoms with Gasteiger partial charge in [0.2, 0.25) is 0 Å². The largest absolute Gasteiger partial charge is 0.497 e. The van der Waals surface area contributed by atoms with Crippen LogP contribution in [0.15, 0.2) is 72.4 Å². The Morgan fingerprint density at radius 3 is 2.09 bits per heavy atom. The lowest BCUT2D eigenvalue weighted by molar-refractivity contribution is -0.120. The Hall–Kier alpha value is -4.06. The molecule has 3 aromatic carbocycles. The van der Waals surface area contributed by atoms with Gasteiger partial charge in [0.05, 0.1) is 25.5 Å². The summed E-state index contributed by atoms with van der Waals surface area (Å²) in [6.45, 7) is 3.97. The van der Waals surface area contributed by atoms with E-state index in [1.165, 1.54) is 7.11 Å². The highest BCUT2D eigenvalue weighted by atomic mass is 16.5. The molecule has 0 saturated carbocycles. The van der Waals surface area contributed by atoms with Crippen molar-refractivity contribution in [1.82, 2.24) is 0 Å². The monoisotopic (exact) mass is 428 g/mol. The number of ether oxygens (including phenoxy) is 2. The topological polar surface area (TPSA) is 67.9 Å². The maximum atomic E-state index is 13.6. The van der Waals surface area contributed by atoms with Crippen LogP contribution in [-0.4, -0.2) is 26.0 Å². The Morgan fingerprint density at radius 1 is 0.781 bits per heavy atom. The van der Waals surface area contributed by atoms with Crippen LogP contribution in [0.3, 0.4) is 0 Å². The smallest absolute Gasteiger partial charge is 0.282 e. The number of benzene rings is 3. The lowest BCUT2D eigenvalue weighted by atomic mass is 10.0. The van der Waals surface area contributed by atoms with Crippen LogP contribution in [0.25, 0.3) is 5.57 Å². The first-order valence-electron chi connectivity index (χ1n) is 10.2. The van der Waals surface area contributed by atoms with Gasteiger partial charge in [-0.1, -0.05) is 36.4 Å². The summed E-state index contributed by atoms with van der Waals surface area (Å²) >= 11 is 0. The predicted molar refractivity (Wildman–Crippen MR) is 125 cm³/mol. The molecular formula is C26H24N2O4. The van der Waals surface area contributed by atoms with E-state index in [1.807, 2.05) is 62.4 Å². The van der Waals surface area contributed by atoms with Crippen molar-refractivity contribution in [2.24, 2.45) is 0 Å². The first-order valence-corrected chi connectivity index (χ1v) is 10.2. The van der Waals surface area contributed by atoms with Crippen molar-refractivity contribution >= 4 is 28.8 Å². The number of carbonyl (C=O) groups is 2. The molecule has 162 valence electrons. The standard InChI is InChI=1S/C26H24N2O4/c1-16-12-17(2)14-19(13-16)27-24-23(18-8-6-5-7-9-18)25(29)28(26(24)30)21-11-10-20(31-3)15-22(21)32-4/h5-15,27H,1-4H3. The molecule has 2 amide bonds. The third kappa shape index (κ3) is 3.83. The van der Waals surface area contributed by atoms with Crippen LogP contribution in [0.4, 0.5) is 11.4 Å². The molecule has 4 rings (SSSR count). The van der Waals surface area contributed by atoms with Gasteiger partial charge >= 0.3 is 0 Å². The Morgan fingerprint density at radius 2 is 1.47 bits per heavy atom. The van der Waals surface area contributed by atoms with Gasteiger partial charge < -0.3 is 14.8 Å². The van der Waals surface area contributed by atoms with E-state index in [4.69, 9.17) is 9.47 Å². The van der Waals surface area contributed by atoms with E-state index in [0.29, 0.717) is 28.3 Å². The van der Waals surface area contributed by atoms with Gasteiger partial charge in [0.1, 0.15) is 17.2 Å². The van der Waals surface area contributed by atoms with Gasteiger partial charge in [-0.25, -0.2) is 4.90 Å². The molecule has 0 bridgehead atoms. The molecule has 1 aliphatic rings. The van der Waals surface area contributed by atoms with Crippen LogP contribution in [0.1, 0.15) is 16.7 Å². The van der Waals surface area contributed by atoms with E-state index in [1.54, 1.807) is 25.3 Å². The number of anilines is 2. The second-order valence-corrected chi connectivity index (χ2v) is 7.60. The number of aryl methyl sites for hydroxylation is 2. The summed E-state index contributed by atoms with van der Waals surface area (Å²) in [6, 6.07) is 20.1. The zero-order valence-electron chi connectivity index (χ0n) is 18.4. The zero-order valence-corrected chi connectivity index (χ0v) is 18.4. The van der Waals surface area contributed by atoms with Gasteiger partial charge in [-0.05, 0) is 54.8 Å². The summed E-state index contributed by atoms with van der Waals surface area (Å²) in [5.41, 5.74) is 4.41. The van der Waals surface area contributed by atoms with E-state index < -0.39 is 11.8 Å². The number of hydrogen-bond donors (Lipinski definition) is 1. The minimum atomic E-state index is -0.448. The van der Waals surface area contributed by atoms with E-state index >= 15 is 0 Å². The third-order valence-electron chi connectivity index (χ3n) is 5.27. The van der Waals surface area contributed by atoms with Crippen molar-refractivity contribution < 1.29 is 19.1 Å². The molecular weight excluding hydrogens is 404 g/mol. The fourth-order valence-electron chi connectivity index (χ4n) is 3.90. The molecule has 0 unspecified atom stereocenters.